The van der Waals surface area contributed by atoms with Crippen LogP contribution in [-0.2, 0) is 21.4 Å². The molecule has 0 aliphatic rings. The SMILES string of the molecule is CC(=O)Nc1ccc(CC(=O)NC(c2ccc(C(C)(C)C)cc2)C(C)C)cc1. The highest BCUT2D eigenvalue weighted by Gasteiger charge is 2.20. The molecule has 0 fully saturated rings. The van der Waals surface area contributed by atoms with E-state index in [1.807, 2.05) is 24.3 Å². The summed E-state index contributed by atoms with van der Waals surface area (Å²) < 4.78 is 0. The predicted octanol–water partition coefficient (Wildman–Crippen LogP) is 5.00. The maximum absolute atomic E-state index is 12.6. The van der Waals surface area contributed by atoms with Crippen molar-refractivity contribution in [2.75, 3.05) is 5.32 Å². The van der Waals surface area contributed by atoms with Gasteiger partial charge in [0.25, 0.3) is 0 Å². The average Bonchev–Trinajstić information content (AvgIpc) is 2.60. The van der Waals surface area contributed by atoms with Crippen LogP contribution in [0.5, 0.6) is 0 Å². The molecule has 0 bridgehead atoms. The predicted molar refractivity (Wildman–Crippen MR) is 115 cm³/mol. The van der Waals surface area contributed by atoms with Crippen LogP contribution in [0.4, 0.5) is 5.69 Å². The Hall–Kier alpha value is -2.62. The topological polar surface area (TPSA) is 58.2 Å². The third-order valence-corrected chi connectivity index (χ3v) is 4.76. The first-order valence-electron chi connectivity index (χ1n) is 9.82. The summed E-state index contributed by atoms with van der Waals surface area (Å²) in [5.74, 6) is 0.167. The van der Waals surface area contributed by atoms with E-state index >= 15 is 0 Å². The maximum atomic E-state index is 12.6. The number of amides is 2. The van der Waals surface area contributed by atoms with Gasteiger partial charge in [0.05, 0.1) is 12.5 Å². The lowest BCUT2D eigenvalue weighted by Crippen LogP contribution is -2.32. The van der Waals surface area contributed by atoms with Crippen molar-refractivity contribution in [3.8, 4) is 0 Å². The van der Waals surface area contributed by atoms with Crippen molar-refractivity contribution >= 4 is 17.5 Å². The van der Waals surface area contributed by atoms with E-state index in [1.165, 1.54) is 12.5 Å². The van der Waals surface area contributed by atoms with Gasteiger partial charge in [-0.05, 0) is 40.2 Å². The van der Waals surface area contributed by atoms with E-state index in [-0.39, 0.29) is 29.2 Å². The lowest BCUT2D eigenvalue weighted by molar-refractivity contribution is -0.121. The zero-order chi connectivity index (χ0) is 20.9. The summed E-state index contributed by atoms with van der Waals surface area (Å²) in [6, 6.07) is 15.9. The summed E-state index contributed by atoms with van der Waals surface area (Å²) in [6.45, 7) is 12.3. The quantitative estimate of drug-likeness (QED) is 0.741. The first kappa shape index (κ1) is 21.7. The van der Waals surface area contributed by atoms with Gasteiger partial charge in [-0.3, -0.25) is 9.59 Å². The van der Waals surface area contributed by atoms with Gasteiger partial charge < -0.3 is 10.6 Å². The molecule has 0 saturated heterocycles. The van der Waals surface area contributed by atoms with Crippen LogP contribution in [-0.4, -0.2) is 11.8 Å². The first-order chi connectivity index (χ1) is 13.1. The second-order valence-electron chi connectivity index (χ2n) is 8.72. The van der Waals surface area contributed by atoms with Crippen LogP contribution in [0, 0.1) is 5.92 Å². The number of anilines is 1. The molecule has 0 saturated carbocycles. The maximum Gasteiger partial charge on any atom is 0.224 e. The molecule has 0 heterocycles. The lowest BCUT2D eigenvalue weighted by atomic mass is 9.85. The summed E-state index contributed by atoms with van der Waals surface area (Å²) in [5, 5.41) is 5.91. The molecule has 2 aromatic rings. The third-order valence-electron chi connectivity index (χ3n) is 4.76. The first-order valence-corrected chi connectivity index (χ1v) is 9.82. The molecule has 2 amide bonds. The van der Waals surface area contributed by atoms with E-state index in [0.29, 0.717) is 6.42 Å². The number of rotatable bonds is 6. The highest BCUT2D eigenvalue weighted by atomic mass is 16.2. The number of carbonyl (C=O) groups is 2. The Morgan fingerprint density at radius 2 is 1.50 bits per heavy atom. The van der Waals surface area contributed by atoms with Crippen LogP contribution in [0.1, 0.15) is 64.3 Å². The Morgan fingerprint density at radius 3 is 1.96 bits per heavy atom. The van der Waals surface area contributed by atoms with E-state index in [1.54, 1.807) is 0 Å². The molecule has 0 aromatic heterocycles. The normalized spacial score (nSPS) is 12.5. The monoisotopic (exact) mass is 380 g/mol. The summed E-state index contributed by atoms with van der Waals surface area (Å²) in [4.78, 5) is 23.7. The summed E-state index contributed by atoms with van der Waals surface area (Å²) in [5.41, 5.74) is 4.16. The van der Waals surface area contributed by atoms with E-state index in [9.17, 15) is 9.59 Å². The lowest BCUT2D eigenvalue weighted by Gasteiger charge is -2.25. The zero-order valence-corrected chi connectivity index (χ0v) is 17.8. The largest absolute Gasteiger partial charge is 0.349 e. The molecule has 28 heavy (non-hydrogen) atoms. The fraction of sp³-hybridized carbons (Fsp3) is 0.417. The van der Waals surface area contributed by atoms with Crippen LogP contribution in [0.15, 0.2) is 48.5 Å². The molecule has 150 valence electrons. The molecule has 0 spiro atoms. The molecule has 2 rings (SSSR count). The van der Waals surface area contributed by atoms with Crippen LogP contribution in [0.3, 0.4) is 0 Å². The van der Waals surface area contributed by atoms with Gasteiger partial charge in [0.2, 0.25) is 11.8 Å². The highest BCUT2D eigenvalue weighted by Crippen LogP contribution is 2.27. The minimum atomic E-state index is -0.109. The summed E-state index contributed by atoms with van der Waals surface area (Å²) in [6.07, 6.45) is 0.309. The Labute approximate surface area is 168 Å². The minimum absolute atomic E-state index is 0.00845. The van der Waals surface area contributed by atoms with Gasteiger partial charge in [0, 0.05) is 12.6 Å². The van der Waals surface area contributed by atoms with Crippen molar-refractivity contribution in [1.82, 2.24) is 5.32 Å². The van der Waals surface area contributed by atoms with E-state index in [2.05, 4.69) is 69.5 Å². The highest BCUT2D eigenvalue weighted by molar-refractivity contribution is 5.88. The van der Waals surface area contributed by atoms with Crippen molar-refractivity contribution in [2.45, 2.75) is 59.4 Å². The molecule has 4 heteroatoms. The zero-order valence-electron chi connectivity index (χ0n) is 17.8. The molecule has 0 aliphatic heterocycles. The van der Waals surface area contributed by atoms with Crippen LogP contribution < -0.4 is 10.6 Å². The van der Waals surface area contributed by atoms with Crippen molar-refractivity contribution in [1.29, 1.82) is 0 Å². The van der Waals surface area contributed by atoms with Gasteiger partial charge in [-0.25, -0.2) is 0 Å². The van der Waals surface area contributed by atoms with Gasteiger partial charge >= 0.3 is 0 Å². The fourth-order valence-electron chi connectivity index (χ4n) is 3.14. The van der Waals surface area contributed by atoms with Crippen molar-refractivity contribution in [3.63, 3.8) is 0 Å². The number of hydrogen-bond donors (Lipinski definition) is 2. The van der Waals surface area contributed by atoms with Crippen LogP contribution in [0.25, 0.3) is 0 Å². The molecule has 1 unspecified atom stereocenters. The number of hydrogen-bond acceptors (Lipinski definition) is 2. The van der Waals surface area contributed by atoms with Crippen LogP contribution >= 0.6 is 0 Å². The van der Waals surface area contributed by atoms with Gasteiger partial charge in [-0.15, -0.1) is 0 Å². The van der Waals surface area contributed by atoms with Gasteiger partial charge in [0.15, 0.2) is 0 Å². The van der Waals surface area contributed by atoms with Gasteiger partial charge in [-0.2, -0.15) is 0 Å². The summed E-state index contributed by atoms with van der Waals surface area (Å²) >= 11 is 0. The summed E-state index contributed by atoms with van der Waals surface area (Å²) in [7, 11) is 0. The fourth-order valence-corrected chi connectivity index (χ4v) is 3.14. The average molecular weight is 381 g/mol. The van der Waals surface area contributed by atoms with Crippen molar-refractivity contribution < 1.29 is 9.59 Å². The Kier molecular flexibility index (Phi) is 7.00. The van der Waals surface area contributed by atoms with Crippen molar-refractivity contribution in [2.24, 2.45) is 5.92 Å². The minimum Gasteiger partial charge on any atom is -0.349 e. The molecule has 2 aromatic carbocycles. The van der Waals surface area contributed by atoms with E-state index in [0.717, 1.165) is 16.8 Å². The van der Waals surface area contributed by atoms with Crippen molar-refractivity contribution in [3.05, 3.63) is 65.2 Å². The van der Waals surface area contributed by atoms with E-state index in [4.69, 9.17) is 0 Å². The van der Waals surface area contributed by atoms with Gasteiger partial charge in [-0.1, -0.05) is 71.0 Å². The molecule has 0 aliphatic carbocycles. The number of nitrogens with one attached hydrogen (secondary N) is 2. The Bertz CT molecular complexity index is 800. The smallest absolute Gasteiger partial charge is 0.224 e. The van der Waals surface area contributed by atoms with E-state index < -0.39 is 0 Å². The van der Waals surface area contributed by atoms with Gasteiger partial charge in [0.1, 0.15) is 0 Å². The Balaban J connectivity index is 2.05. The number of carbonyl (C=O) groups excluding carboxylic acids is 2. The molecule has 1 atom stereocenters. The molecule has 0 radical (unpaired) electrons. The third kappa shape index (κ3) is 6.22. The second-order valence-corrected chi connectivity index (χ2v) is 8.72. The molecule has 4 nitrogen and oxygen atoms in total. The number of benzene rings is 2. The second kappa shape index (κ2) is 9.05. The molecule has 2 N–H and O–H groups in total. The standard InChI is InChI=1S/C24H32N2O2/c1-16(2)23(19-9-11-20(12-10-19)24(4,5)6)26-22(28)15-18-7-13-21(14-8-18)25-17(3)27/h7-14,16,23H,15H2,1-6H3,(H,25,27)(H,26,28). The van der Waals surface area contributed by atoms with Crippen LogP contribution in [0.2, 0.25) is 0 Å². The molecular weight excluding hydrogens is 348 g/mol. The molecular formula is C24H32N2O2. The Morgan fingerprint density at radius 1 is 0.929 bits per heavy atom.